The van der Waals surface area contributed by atoms with Crippen LogP contribution in [0, 0.1) is 5.92 Å². The summed E-state index contributed by atoms with van der Waals surface area (Å²) in [6.07, 6.45) is 5.03. The second-order valence-corrected chi connectivity index (χ2v) is 7.26. The maximum Gasteiger partial charge on any atom is 0.281 e. The molecule has 2 saturated heterocycles. The highest BCUT2D eigenvalue weighted by molar-refractivity contribution is 7.86. The van der Waals surface area contributed by atoms with E-state index in [2.05, 4.69) is 0 Å². The maximum atomic E-state index is 12.4. The summed E-state index contributed by atoms with van der Waals surface area (Å²) in [6, 6.07) is 0. The normalized spacial score (nSPS) is 28.6. The van der Waals surface area contributed by atoms with Gasteiger partial charge in [-0.15, -0.1) is 11.6 Å². The van der Waals surface area contributed by atoms with Crippen LogP contribution in [-0.4, -0.2) is 49.1 Å². The topological polar surface area (TPSA) is 40.6 Å². The van der Waals surface area contributed by atoms with Crippen molar-refractivity contribution in [3.8, 4) is 0 Å². The summed E-state index contributed by atoms with van der Waals surface area (Å²) >= 11 is 5.71. The van der Waals surface area contributed by atoms with E-state index in [1.807, 2.05) is 0 Å². The van der Waals surface area contributed by atoms with Crippen molar-refractivity contribution in [2.75, 3.05) is 32.1 Å². The molecule has 4 nitrogen and oxygen atoms in total. The summed E-state index contributed by atoms with van der Waals surface area (Å²) in [5.74, 6) is 1.08. The Morgan fingerprint density at radius 2 is 1.76 bits per heavy atom. The van der Waals surface area contributed by atoms with Gasteiger partial charge in [-0.3, -0.25) is 0 Å². The zero-order valence-electron chi connectivity index (χ0n) is 10.1. The predicted octanol–water partition coefficient (Wildman–Crippen LogP) is 1.67. The lowest BCUT2D eigenvalue weighted by Gasteiger charge is -2.30. The summed E-state index contributed by atoms with van der Waals surface area (Å²) in [4.78, 5) is 0. The van der Waals surface area contributed by atoms with Crippen molar-refractivity contribution in [1.29, 1.82) is 0 Å². The zero-order chi connectivity index (χ0) is 12.3. The molecule has 1 unspecified atom stereocenters. The first-order chi connectivity index (χ1) is 8.14. The van der Waals surface area contributed by atoms with Gasteiger partial charge in [0.2, 0.25) is 0 Å². The predicted molar refractivity (Wildman–Crippen MR) is 69.4 cm³/mol. The molecule has 0 saturated carbocycles. The summed E-state index contributed by atoms with van der Waals surface area (Å²) in [5, 5.41) is 0. The lowest BCUT2D eigenvalue weighted by Crippen LogP contribution is -2.45. The smallest absolute Gasteiger partial charge is 0.195 e. The zero-order valence-corrected chi connectivity index (χ0v) is 11.7. The van der Waals surface area contributed by atoms with Crippen molar-refractivity contribution in [3.05, 3.63) is 0 Å². The second-order valence-electron chi connectivity index (χ2n) is 4.96. The molecule has 0 aliphatic carbocycles. The van der Waals surface area contributed by atoms with E-state index in [1.54, 1.807) is 8.61 Å². The Morgan fingerprint density at radius 1 is 1.06 bits per heavy atom. The molecule has 0 bridgehead atoms. The van der Waals surface area contributed by atoms with Crippen LogP contribution in [0.4, 0.5) is 0 Å². The van der Waals surface area contributed by atoms with E-state index in [-0.39, 0.29) is 0 Å². The van der Waals surface area contributed by atoms with E-state index in [9.17, 15) is 8.42 Å². The highest BCUT2D eigenvalue weighted by atomic mass is 35.5. The highest BCUT2D eigenvalue weighted by Gasteiger charge is 2.35. The fraction of sp³-hybridized carbons (Fsp3) is 1.00. The number of hydrogen-bond acceptors (Lipinski definition) is 2. The minimum absolute atomic E-state index is 0.451. The van der Waals surface area contributed by atoms with Gasteiger partial charge in [0, 0.05) is 32.1 Å². The van der Waals surface area contributed by atoms with E-state index >= 15 is 0 Å². The van der Waals surface area contributed by atoms with Crippen LogP contribution < -0.4 is 0 Å². The first-order valence-corrected chi connectivity index (χ1v) is 8.39. The molecule has 2 aliphatic rings. The third-order valence-corrected chi connectivity index (χ3v) is 5.95. The number of nitrogens with zero attached hydrogens (tertiary/aromatic N) is 2. The maximum absolute atomic E-state index is 12.4. The van der Waals surface area contributed by atoms with Crippen LogP contribution in [0.5, 0.6) is 0 Å². The summed E-state index contributed by atoms with van der Waals surface area (Å²) < 4.78 is 28.0. The lowest BCUT2D eigenvalue weighted by atomic mass is 10.1. The molecule has 0 spiro atoms. The van der Waals surface area contributed by atoms with Gasteiger partial charge in [0.25, 0.3) is 10.2 Å². The van der Waals surface area contributed by atoms with Gasteiger partial charge in [-0.25, -0.2) is 0 Å². The van der Waals surface area contributed by atoms with Gasteiger partial charge < -0.3 is 0 Å². The van der Waals surface area contributed by atoms with Crippen LogP contribution in [0.25, 0.3) is 0 Å². The molecule has 0 N–H and O–H groups in total. The Bertz CT molecular complexity index is 341. The molecule has 2 heterocycles. The van der Waals surface area contributed by atoms with Gasteiger partial charge in [0.1, 0.15) is 0 Å². The second kappa shape index (κ2) is 5.87. The standard InChI is InChI=1S/C11H21ClN2O2S/c12-6-4-11-5-9-14(10-11)17(15,16)13-7-2-1-3-8-13/h11H,1-10H2. The third kappa shape index (κ3) is 3.13. The van der Waals surface area contributed by atoms with Gasteiger partial charge in [0.15, 0.2) is 0 Å². The molecule has 17 heavy (non-hydrogen) atoms. The number of rotatable bonds is 4. The Hall–Kier alpha value is 0.160. The van der Waals surface area contributed by atoms with Crippen molar-refractivity contribution in [3.63, 3.8) is 0 Å². The Kier molecular flexibility index (Phi) is 4.69. The fourth-order valence-corrected chi connectivity index (χ4v) is 4.75. The molecule has 2 rings (SSSR count). The molecule has 2 fully saturated rings. The van der Waals surface area contributed by atoms with E-state index in [1.165, 1.54) is 0 Å². The number of hydrogen-bond donors (Lipinski definition) is 0. The van der Waals surface area contributed by atoms with Crippen LogP contribution in [0.2, 0.25) is 0 Å². The molecule has 100 valence electrons. The monoisotopic (exact) mass is 280 g/mol. The van der Waals surface area contributed by atoms with Crippen molar-refractivity contribution in [1.82, 2.24) is 8.61 Å². The first-order valence-electron chi connectivity index (χ1n) is 6.46. The van der Waals surface area contributed by atoms with Crippen molar-refractivity contribution >= 4 is 21.8 Å². The van der Waals surface area contributed by atoms with Gasteiger partial charge in [-0.05, 0) is 31.6 Å². The lowest BCUT2D eigenvalue weighted by molar-refractivity contribution is 0.313. The molecule has 0 radical (unpaired) electrons. The minimum Gasteiger partial charge on any atom is -0.195 e. The highest BCUT2D eigenvalue weighted by Crippen LogP contribution is 2.25. The average Bonchev–Trinajstić information content (AvgIpc) is 2.80. The van der Waals surface area contributed by atoms with Crippen LogP contribution in [0.3, 0.4) is 0 Å². The van der Waals surface area contributed by atoms with E-state index in [0.717, 1.165) is 32.1 Å². The summed E-state index contributed by atoms with van der Waals surface area (Å²) in [7, 11) is -3.19. The van der Waals surface area contributed by atoms with E-state index in [4.69, 9.17) is 11.6 Å². The van der Waals surface area contributed by atoms with E-state index in [0.29, 0.717) is 38.0 Å². The Morgan fingerprint density at radius 3 is 2.41 bits per heavy atom. The largest absolute Gasteiger partial charge is 0.281 e. The SMILES string of the molecule is O=S(=O)(N1CCCCC1)N1CCC(CCCl)C1. The van der Waals surface area contributed by atoms with E-state index < -0.39 is 10.2 Å². The van der Waals surface area contributed by atoms with Gasteiger partial charge in [0.05, 0.1) is 0 Å². The Labute approximate surface area is 109 Å². The Balaban J connectivity index is 1.96. The van der Waals surface area contributed by atoms with Crippen LogP contribution >= 0.6 is 11.6 Å². The molecular weight excluding hydrogens is 260 g/mol. The van der Waals surface area contributed by atoms with Crippen LogP contribution in [-0.2, 0) is 10.2 Å². The van der Waals surface area contributed by atoms with Crippen LogP contribution in [0.1, 0.15) is 32.1 Å². The molecular formula is C11H21ClN2O2S. The molecule has 0 amide bonds. The van der Waals surface area contributed by atoms with Gasteiger partial charge in [-0.2, -0.15) is 17.0 Å². The quantitative estimate of drug-likeness (QED) is 0.735. The van der Waals surface area contributed by atoms with Crippen molar-refractivity contribution in [2.45, 2.75) is 32.1 Å². The van der Waals surface area contributed by atoms with Gasteiger partial charge in [-0.1, -0.05) is 6.42 Å². The molecule has 0 aromatic heterocycles. The van der Waals surface area contributed by atoms with Crippen molar-refractivity contribution < 1.29 is 8.42 Å². The minimum atomic E-state index is -3.19. The summed E-state index contributed by atoms with van der Waals surface area (Å²) in [5.41, 5.74) is 0. The third-order valence-electron chi connectivity index (χ3n) is 3.73. The number of alkyl halides is 1. The molecule has 2 aliphatic heterocycles. The molecule has 1 atom stereocenters. The number of halogens is 1. The number of piperidine rings is 1. The molecule has 0 aromatic carbocycles. The van der Waals surface area contributed by atoms with Crippen LogP contribution in [0.15, 0.2) is 0 Å². The van der Waals surface area contributed by atoms with Gasteiger partial charge >= 0.3 is 0 Å². The average molecular weight is 281 g/mol. The molecule has 0 aromatic rings. The van der Waals surface area contributed by atoms with Crippen molar-refractivity contribution in [2.24, 2.45) is 5.92 Å². The summed E-state index contributed by atoms with van der Waals surface area (Å²) in [6.45, 7) is 2.71. The molecule has 6 heteroatoms. The first kappa shape index (κ1) is 13.6. The fourth-order valence-electron chi connectivity index (χ4n) is 2.66.